The molecule has 0 fully saturated rings. The fourth-order valence-corrected chi connectivity index (χ4v) is 1.86. The Bertz CT molecular complexity index is 547. The van der Waals surface area contributed by atoms with E-state index in [0.29, 0.717) is 19.5 Å². The first-order valence-corrected chi connectivity index (χ1v) is 6.04. The Labute approximate surface area is 106 Å². The lowest BCUT2D eigenvalue weighted by Crippen LogP contribution is -2.27. The molecule has 5 nitrogen and oxygen atoms in total. The maximum Gasteiger partial charge on any atom is 0.221 e. The molecule has 2 rings (SSSR count). The molecule has 0 bridgehead atoms. The lowest BCUT2D eigenvalue weighted by Gasteiger charge is -2.05. The number of carbonyl (C=O) groups is 1. The second kappa shape index (κ2) is 5.64. The van der Waals surface area contributed by atoms with Crippen molar-refractivity contribution in [2.75, 3.05) is 13.6 Å². The number of aryl methyl sites for hydroxylation is 1. The molecule has 1 amide bonds. The molecule has 1 aromatic carbocycles. The van der Waals surface area contributed by atoms with E-state index < -0.39 is 0 Å². The van der Waals surface area contributed by atoms with Gasteiger partial charge in [0.05, 0.1) is 17.6 Å². The summed E-state index contributed by atoms with van der Waals surface area (Å²) in [6.07, 6.45) is 0.487. The molecule has 2 N–H and O–H groups in total. The van der Waals surface area contributed by atoms with Gasteiger partial charge in [0.15, 0.2) is 0 Å². The Morgan fingerprint density at radius 2 is 2.17 bits per heavy atom. The monoisotopic (exact) mass is 246 g/mol. The van der Waals surface area contributed by atoms with Gasteiger partial charge in [-0.2, -0.15) is 0 Å². The van der Waals surface area contributed by atoms with Crippen molar-refractivity contribution in [3.8, 4) is 0 Å². The van der Waals surface area contributed by atoms with Crippen molar-refractivity contribution >= 4 is 16.9 Å². The highest BCUT2D eigenvalue weighted by Crippen LogP contribution is 2.13. The van der Waals surface area contributed by atoms with Crippen LogP contribution in [0.5, 0.6) is 0 Å². The minimum Gasteiger partial charge on any atom is -0.349 e. The molecule has 0 saturated carbocycles. The molecule has 0 aliphatic rings. The van der Waals surface area contributed by atoms with E-state index in [-0.39, 0.29) is 5.91 Å². The molecule has 1 heterocycles. The van der Waals surface area contributed by atoms with E-state index in [0.717, 1.165) is 16.9 Å². The number of fused-ring (bicyclic) bond motifs is 1. The molecule has 2 aromatic rings. The number of amides is 1. The zero-order chi connectivity index (χ0) is 13.0. The highest BCUT2D eigenvalue weighted by Gasteiger charge is 2.08. The second-order valence-electron chi connectivity index (χ2n) is 4.21. The Hall–Kier alpha value is -1.88. The molecule has 0 aliphatic carbocycles. The van der Waals surface area contributed by atoms with Crippen LogP contribution < -0.4 is 10.6 Å². The van der Waals surface area contributed by atoms with Crippen LogP contribution in [0.15, 0.2) is 24.3 Å². The van der Waals surface area contributed by atoms with Gasteiger partial charge in [-0.05, 0) is 19.2 Å². The van der Waals surface area contributed by atoms with E-state index in [1.165, 1.54) is 0 Å². The van der Waals surface area contributed by atoms with Crippen LogP contribution in [0.1, 0.15) is 12.2 Å². The Balaban J connectivity index is 2.03. The van der Waals surface area contributed by atoms with Crippen LogP contribution in [0.3, 0.4) is 0 Å². The topological polar surface area (TPSA) is 59.0 Å². The number of imidazole rings is 1. The number of hydrogen-bond acceptors (Lipinski definition) is 3. The smallest absolute Gasteiger partial charge is 0.221 e. The molecule has 0 aliphatic heterocycles. The van der Waals surface area contributed by atoms with Crippen molar-refractivity contribution in [3.05, 3.63) is 30.1 Å². The van der Waals surface area contributed by atoms with E-state index in [1.54, 1.807) is 0 Å². The average molecular weight is 246 g/mol. The number of hydrogen-bond donors (Lipinski definition) is 2. The molecule has 0 unspecified atom stereocenters. The third-order valence-corrected chi connectivity index (χ3v) is 2.93. The number of carbonyl (C=O) groups excluding carboxylic acids is 1. The van der Waals surface area contributed by atoms with Gasteiger partial charge in [-0.25, -0.2) is 4.98 Å². The van der Waals surface area contributed by atoms with Gasteiger partial charge in [-0.3, -0.25) is 4.79 Å². The summed E-state index contributed by atoms with van der Waals surface area (Å²) in [6, 6.07) is 7.94. The van der Waals surface area contributed by atoms with Gasteiger partial charge in [0.2, 0.25) is 5.91 Å². The average Bonchev–Trinajstić information content (AvgIpc) is 2.71. The molecule has 0 spiro atoms. The number of nitrogens with one attached hydrogen (secondary N) is 2. The van der Waals surface area contributed by atoms with Crippen molar-refractivity contribution in [2.24, 2.45) is 7.05 Å². The second-order valence-corrected chi connectivity index (χ2v) is 4.21. The minimum absolute atomic E-state index is 0.0383. The van der Waals surface area contributed by atoms with E-state index in [2.05, 4.69) is 15.6 Å². The summed E-state index contributed by atoms with van der Waals surface area (Å²) in [6.45, 7) is 1.15. The molecule has 18 heavy (non-hydrogen) atoms. The van der Waals surface area contributed by atoms with Crippen molar-refractivity contribution in [3.63, 3.8) is 0 Å². The molecule has 96 valence electrons. The lowest BCUT2D eigenvalue weighted by atomic mass is 10.3. The van der Waals surface area contributed by atoms with E-state index in [4.69, 9.17) is 0 Å². The van der Waals surface area contributed by atoms with Gasteiger partial charge >= 0.3 is 0 Å². The van der Waals surface area contributed by atoms with Crippen LogP contribution in [0, 0.1) is 0 Å². The highest BCUT2D eigenvalue weighted by molar-refractivity contribution is 5.77. The molecular weight excluding hydrogens is 228 g/mol. The standard InChI is InChI=1S/C13H18N4O/c1-14-8-7-13(18)15-9-12-16-10-5-3-4-6-11(10)17(12)2/h3-6,14H,7-9H2,1-2H3,(H,15,18). The van der Waals surface area contributed by atoms with Crippen LogP contribution >= 0.6 is 0 Å². The van der Waals surface area contributed by atoms with Gasteiger partial charge in [0.1, 0.15) is 5.82 Å². The quantitative estimate of drug-likeness (QED) is 0.820. The summed E-state index contributed by atoms with van der Waals surface area (Å²) in [5.41, 5.74) is 2.04. The summed E-state index contributed by atoms with van der Waals surface area (Å²) in [7, 11) is 3.79. The summed E-state index contributed by atoms with van der Waals surface area (Å²) < 4.78 is 2.01. The van der Waals surface area contributed by atoms with Crippen molar-refractivity contribution < 1.29 is 4.79 Å². The zero-order valence-corrected chi connectivity index (χ0v) is 10.7. The lowest BCUT2D eigenvalue weighted by molar-refractivity contribution is -0.121. The highest BCUT2D eigenvalue weighted by atomic mass is 16.1. The predicted octanol–water partition coefficient (Wildman–Crippen LogP) is 0.799. The van der Waals surface area contributed by atoms with Crippen LogP contribution in [0.2, 0.25) is 0 Å². The van der Waals surface area contributed by atoms with Crippen molar-refractivity contribution in [2.45, 2.75) is 13.0 Å². The van der Waals surface area contributed by atoms with Crippen LogP contribution in [0.4, 0.5) is 0 Å². The third kappa shape index (κ3) is 2.68. The Morgan fingerprint density at radius 3 is 2.89 bits per heavy atom. The first kappa shape index (κ1) is 12.6. The van der Waals surface area contributed by atoms with Crippen LogP contribution in [-0.4, -0.2) is 29.1 Å². The predicted molar refractivity (Wildman–Crippen MR) is 71.1 cm³/mol. The minimum atomic E-state index is 0.0383. The number of benzene rings is 1. The fraction of sp³-hybridized carbons (Fsp3) is 0.385. The van der Waals surface area contributed by atoms with Gasteiger partial charge < -0.3 is 15.2 Å². The summed E-state index contributed by atoms with van der Waals surface area (Å²) in [4.78, 5) is 16.0. The molecular formula is C13H18N4O. The molecule has 0 saturated heterocycles. The normalized spacial score (nSPS) is 10.8. The third-order valence-electron chi connectivity index (χ3n) is 2.93. The fourth-order valence-electron chi connectivity index (χ4n) is 1.86. The van der Waals surface area contributed by atoms with E-state index in [9.17, 15) is 4.79 Å². The number of para-hydroxylation sites is 2. The molecule has 0 atom stereocenters. The number of nitrogens with zero attached hydrogens (tertiary/aromatic N) is 2. The molecule has 1 aromatic heterocycles. The van der Waals surface area contributed by atoms with Crippen LogP contribution in [0.25, 0.3) is 11.0 Å². The first-order valence-electron chi connectivity index (χ1n) is 6.04. The van der Waals surface area contributed by atoms with Gasteiger partial charge in [-0.15, -0.1) is 0 Å². The Kier molecular flexibility index (Phi) is 3.94. The maximum atomic E-state index is 11.5. The summed E-state index contributed by atoms with van der Waals surface area (Å²) in [5, 5.41) is 5.82. The van der Waals surface area contributed by atoms with Gasteiger partial charge in [0, 0.05) is 20.0 Å². The zero-order valence-electron chi connectivity index (χ0n) is 10.7. The van der Waals surface area contributed by atoms with Gasteiger partial charge in [-0.1, -0.05) is 12.1 Å². The molecule has 5 heteroatoms. The van der Waals surface area contributed by atoms with E-state index >= 15 is 0 Å². The molecule has 0 radical (unpaired) electrons. The van der Waals surface area contributed by atoms with E-state index in [1.807, 2.05) is 42.9 Å². The first-order chi connectivity index (χ1) is 8.72. The largest absolute Gasteiger partial charge is 0.349 e. The number of aromatic nitrogens is 2. The summed E-state index contributed by atoms with van der Waals surface area (Å²) in [5.74, 6) is 0.908. The Morgan fingerprint density at radius 1 is 1.39 bits per heavy atom. The van der Waals surface area contributed by atoms with Crippen LogP contribution in [-0.2, 0) is 18.4 Å². The van der Waals surface area contributed by atoms with Gasteiger partial charge in [0.25, 0.3) is 0 Å². The van der Waals surface area contributed by atoms with Crippen molar-refractivity contribution in [1.82, 2.24) is 20.2 Å². The maximum absolute atomic E-state index is 11.5. The summed E-state index contributed by atoms with van der Waals surface area (Å²) >= 11 is 0. The number of rotatable bonds is 5. The SMILES string of the molecule is CNCCC(=O)NCc1nc2ccccc2n1C. The van der Waals surface area contributed by atoms with Crippen molar-refractivity contribution in [1.29, 1.82) is 0 Å².